The van der Waals surface area contributed by atoms with Crippen LogP contribution in [0.2, 0.25) is 0 Å². The van der Waals surface area contributed by atoms with E-state index in [-0.39, 0.29) is 21.2 Å². The van der Waals surface area contributed by atoms with Gasteiger partial charge in [-0.15, -0.1) is 16.4 Å². The fourth-order valence-electron chi connectivity index (χ4n) is 2.92. The first-order valence-electron chi connectivity index (χ1n) is 9.46. The molecule has 2 aromatic heterocycles. The third-order valence-corrected chi connectivity index (χ3v) is 6.60. The first-order chi connectivity index (χ1) is 15.8. The lowest BCUT2D eigenvalue weighted by Crippen LogP contribution is -2.16. The van der Waals surface area contributed by atoms with E-state index in [1.807, 2.05) is 19.1 Å². The van der Waals surface area contributed by atoms with E-state index in [1.54, 1.807) is 20.1 Å². The van der Waals surface area contributed by atoms with Crippen molar-refractivity contribution in [1.82, 2.24) is 20.2 Å². The molecule has 0 aliphatic heterocycles. The normalized spacial score (nSPS) is 10.6. The molecule has 0 saturated heterocycles. The Kier molecular flexibility index (Phi) is 7.66. The molecule has 0 unspecified atom stereocenters. The molecule has 0 atom stereocenters. The molecule has 174 valence electrons. The second-order valence-corrected chi connectivity index (χ2v) is 8.59. The van der Waals surface area contributed by atoms with Crippen molar-refractivity contribution in [3.63, 3.8) is 0 Å². The van der Waals surface area contributed by atoms with Crippen molar-refractivity contribution in [3.05, 3.63) is 39.8 Å². The van der Waals surface area contributed by atoms with Crippen molar-refractivity contribution >= 4 is 45.9 Å². The van der Waals surface area contributed by atoms with Crippen LogP contribution in [-0.2, 0) is 14.3 Å². The molecule has 1 aromatic carbocycles. The number of ether oxygens (including phenoxy) is 3. The summed E-state index contributed by atoms with van der Waals surface area (Å²) in [5.41, 5.74) is 2.10. The Morgan fingerprint density at radius 1 is 1.12 bits per heavy atom. The smallest absolute Gasteiger partial charge is 0.348 e. The molecule has 1 amide bonds. The first kappa shape index (κ1) is 24.2. The van der Waals surface area contributed by atoms with E-state index in [4.69, 9.17) is 14.2 Å². The number of hydrogen-bond donors (Lipinski definition) is 1. The predicted octanol–water partition coefficient (Wildman–Crippen LogP) is 2.65. The highest BCUT2D eigenvalue weighted by Crippen LogP contribution is 2.34. The number of tetrazole rings is 1. The van der Waals surface area contributed by atoms with Crippen molar-refractivity contribution in [1.29, 1.82) is 0 Å². The molecule has 0 fully saturated rings. The van der Waals surface area contributed by atoms with Gasteiger partial charge in [0.25, 0.3) is 0 Å². The van der Waals surface area contributed by atoms with E-state index in [1.165, 1.54) is 18.9 Å². The summed E-state index contributed by atoms with van der Waals surface area (Å²) in [5.74, 6) is -1.18. The summed E-state index contributed by atoms with van der Waals surface area (Å²) in [6.45, 7) is 3.51. The third-order valence-electron chi connectivity index (χ3n) is 4.50. The van der Waals surface area contributed by atoms with Crippen LogP contribution in [0.25, 0.3) is 5.69 Å². The second kappa shape index (κ2) is 10.4. The van der Waals surface area contributed by atoms with Gasteiger partial charge in [0.1, 0.15) is 21.3 Å². The lowest BCUT2D eigenvalue weighted by atomic mass is 10.1. The number of esters is 2. The van der Waals surface area contributed by atoms with Gasteiger partial charge in [0.15, 0.2) is 0 Å². The summed E-state index contributed by atoms with van der Waals surface area (Å²) in [4.78, 5) is 37.1. The number of carbonyl (C=O) groups excluding carboxylic acids is 3. The van der Waals surface area contributed by atoms with E-state index >= 15 is 0 Å². The van der Waals surface area contributed by atoms with Crippen LogP contribution in [0, 0.1) is 13.8 Å². The topological polar surface area (TPSA) is 135 Å². The Bertz CT molecular complexity index is 1210. The third kappa shape index (κ3) is 5.14. The Morgan fingerprint density at radius 2 is 1.85 bits per heavy atom. The van der Waals surface area contributed by atoms with Crippen LogP contribution >= 0.6 is 23.1 Å². The summed E-state index contributed by atoms with van der Waals surface area (Å²) >= 11 is 2.04. The van der Waals surface area contributed by atoms with E-state index < -0.39 is 17.8 Å². The van der Waals surface area contributed by atoms with Gasteiger partial charge in [0.05, 0.1) is 32.6 Å². The van der Waals surface area contributed by atoms with Crippen LogP contribution in [0.1, 0.15) is 31.2 Å². The zero-order chi connectivity index (χ0) is 24.1. The average molecular weight is 492 g/mol. The zero-order valence-electron chi connectivity index (χ0n) is 18.5. The molecule has 1 N–H and O–H groups in total. The van der Waals surface area contributed by atoms with Crippen molar-refractivity contribution in [2.75, 3.05) is 32.4 Å². The van der Waals surface area contributed by atoms with Crippen molar-refractivity contribution in [3.8, 4) is 11.4 Å². The maximum absolute atomic E-state index is 12.7. The molecule has 0 aliphatic carbocycles. The molecule has 33 heavy (non-hydrogen) atoms. The second-order valence-electron chi connectivity index (χ2n) is 6.63. The van der Waals surface area contributed by atoms with Crippen LogP contribution in [0.4, 0.5) is 5.00 Å². The SMILES string of the molecule is COC(=O)c1sc(NC(=O)CSc2nnnn2-c2cc(C)ccc2OC)c(C(=O)OC)c1C. The summed E-state index contributed by atoms with van der Waals surface area (Å²) in [7, 11) is 4.00. The maximum Gasteiger partial charge on any atom is 0.348 e. The Morgan fingerprint density at radius 3 is 2.52 bits per heavy atom. The number of methoxy groups -OCH3 is 3. The van der Waals surface area contributed by atoms with E-state index in [0.29, 0.717) is 22.2 Å². The summed E-state index contributed by atoms with van der Waals surface area (Å²) in [6, 6.07) is 5.57. The van der Waals surface area contributed by atoms with Gasteiger partial charge in [-0.05, 0) is 47.5 Å². The van der Waals surface area contributed by atoms with Gasteiger partial charge >= 0.3 is 11.9 Å². The quantitative estimate of drug-likeness (QED) is 0.370. The number of hydrogen-bond acceptors (Lipinski definition) is 11. The molecular weight excluding hydrogens is 470 g/mol. The fourth-order valence-corrected chi connectivity index (χ4v) is 4.73. The summed E-state index contributed by atoms with van der Waals surface area (Å²) in [5, 5.41) is 14.9. The number of rotatable bonds is 8. The molecule has 0 spiro atoms. The van der Waals surface area contributed by atoms with Gasteiger partial charge in [-0.25, -0.2) is 9.59 Å². The molecule has 13 heteroatoms. The van der Waals surface area contributed by atoms with Crippen molar-refractivity contribution in [2.45, 2.75) is 19.0 Å². The Labute approximate surface area is 197 Å². The van der Waals surface area contributed by atoms with E-state index in [2.05, 4.69) is 20.8 Å². The highest BCUT2D eigenvalue weighted by molar-refractivity contribution is 7.99. The number of benzene rings is 1. The summed E-state index contributed by atoms with van der Waals surface area (Å²) < 4.78 is 16.4. The number of nitrogens with one attached hydrogen (secondary N) is 1. The van der Waals surface area contributed by atoms with Crippen LogP contribution in [-0.4, -0.2) is 65.1 Å². The molecule has 0 aliphatic rings. The highest BCUT2D eigenvalue weighted by Gasteiger charge is 2.27. The molecule has 2 heterocycles. The molecule has 11 nitrogen and oxygen atoms in total. The lowest BCUT2D eigenvalue weighted by molar-refractivity contribution is -0.113. The molecule has 0 saturated carbocycles. The number of anilines is 1. The molecule has 0 radical (unpaired) electrons. The van der Waals surface area contributed by atoms with Crippen LogP contribution in [0.5, 0.6) is 5.75 Å². The lowest BCUT2D eigenvalue weighted by Gasteiger charge is -2.10. The van der Waals surface area contributed by atoms with E-state index in [0.717, 1.165) is 28.7 Å². The van der Waals surface area contributed by atoms with E-state index in [9.17, 15) is 14.4 Å². The summed E-state index contributed by atoms with van der Waals surface area (Å²) in [6.07, 6.45) is 0. The van der Waals surface area contributed by atoms with Gasteiger partial charge in [-0.3, -0.25) is 4.79 Å². The van der Waals surface area contributed by atoms with Gasteiger partial charge < -0.3 is 19.5 Å². The van der Waals surface area contributed by atoms with Crippen molar-refractivity contribution < 1.29 is 28.6 Å². The van der Waals surface area contributed by atoms with Gasteiger partial charge in [-0.1, -0.05) is 17.8 Å². The predicted molar refractivity (Wildman–Crippen MR) is 122 cm³/mol. The van der Waals surface area contributed by atoms with Gasteiger partial charge in [0, 0.05) is 0 Å². The van der Waals surface area contributed by atoms with Crippen LogP contribution < -0.4 is 10.1 Å². The Hall–Kier alpha value is -3.45. The number of amides is 1. The largest absolute Gasteiger partial charge is 0.494 e. The monoisotopic (exact) mass is 491 g/mol. The van der Waals surface area contributed by atoms with Crippen LogP contribution in [0.15, 0.2) is 23.4 Å². The minimum atomic E-state index is -0.669. The van der Waals surface area contributed by atoms with Crippen LogP contribution in [0.3, 0.4) is 0 Å². The minimum absolute atomic E-state index is 0.0559. The molecule has 3 rings (SSSR count). The standard InChI is InChI=1S/C20H21N5O6S2/c1-10-6-7-13(29-3)12(8-10)25-20(22-23-24-25)32-9-14(26)21-17-15(18(27)30-4)11(2)16(33-17)19(28)31-5/h6-8H,9H2,1-5H3,(H,21,26). The number of aromatic nitrogens is 4. The number of thiophene rings is 1. The Balaban J connectivity index is 1.79. The number of carbonyl (C=O) groups is 3. The minimum Gasteiger partial charge on any atom is -0.494 e. The van der Waals surface area contributed by atoms with Gasteiger partial charge in [-0.2, -0.15) is 4.68 Å². The first-order valence-corrected chi connectivity index (χ1v) is 11.3. The highest BCUT2D eigenvalue weighted by atomic mass is 32.2. The average Bonchev–Trinajstić information content (AvgIpc) is 3.40. The van der Waals surface area contributed by atoms with Crippen molar-refractivity contribution in [2.24, 2.45) is 0 Å². The number of thioether (sulfide) groups is 1. The molecular formula is C20H21N5O6S2. The maximum atomic E-state index is 12.7. The fraction of sp³-hybridized carbons (Fsp3) is 0.300. The number of nitrogens with zero attached hydrogens (tertiary/aromatic N) is 4. The molecule has 3 aromatic rings. The molecule has 0 bridgehead atoms. The number of aryl methyl sites for hydroxylation is 1. The zero-order valence-corrected chi connectivity index (χ0v) is 20.1. The van der Waals surface area contributed by atoms with Gasteiger partial charge in [0.2, 0.25) is 11.1 Å².